The molecule has 8 aromatic carbocycles. The predicted molar refractivity (Wildman–Crippen MR) is 200 cm³/mol. The Balaban J connectivity index is 0.000000248. The first kappa shape index (κ1) is 47.2. The van der Waals surface area contributed by atoms with Crippen LogP contribution in [0.4, 0.5) is 22.7 Å². The molecule has 14 nitrogen and oxygen atoms in total. The molecule has 8 rings (SSSR count). The zero-order chi connectivity index (χ0) is 39.8. The molecule has 1 N–H and O–H groups in total. The zero-order valence-electron chi connectivity index (χ0n) is 30.8. The van der Waals surface area contributed by atoms with Gasteiger partial charge in [-0.2, -0.15) is 28.9 Å². The maximum Gasteiger partial charge on any atom is 3.00 e. The minimum absolute atomic E-state index is 0. The van der Waals surface area contributed by atoms with Crippen LogP contribution in [0.15, 0.2) is 164 Å². The van der Waals surface area contributed by atoms with E-state index in [0.29, 0.717) is 10.8 Å². The summed E-state index contributed by atoms with van der Waals surface area (Å²) in [6.07, 6.45) is 0. The fourth-order valence-electron chi connectivity index (χ4n) is 6.11. The molecule has 0 atom stereocenters. The summed E-state index contributed by atoms with van der Waals surface area (Å²) in [5.74, 6) is -2.22. The van der Waals surface area contributed by atoms with Gasteiger partial charge in [0.05, 0.1) is 27.6 Å². The molecule has 0 aliphatic carbocycles. The van der Waals surface area contributed by atoms with Gasteiger partial charge >= 0.3 is 76.5 Å². The van der Waals surface area contributed by atoms with Gasteiger partial charge in [0.15, 0.2) is 0 Å². The Kier molecular flexibility index (Phi) is 15.4. The van der Waals surface area contributed by atoms with E-state index in [2.05, 4.69) is 20.5 Å². The third kappa shape index (κ3) is 9.96. The summed E-state index contributed by atoms with van der Waals surface area (Å²) >= 11 is 0. The second-order valence-corrected chi connectivity index (χ2v) is 14.9. The zero-order valence-corrected chi connectivity index (χ0v) is 37.7. The number of azo groups is 2. The van der Waals surface area contributed by atoms with Crippen molar-refractivity contribution in [2.45, 2.75) is 9.79 Å². The normalized spacial score (nSPS) is 11.6. The Bertz CT molecular complexity index is 2960. The van der Waals surface area contributed by atoms with Crippen LogP contribution in [0.2, 0.25) is 0 Å². The van der Waals surface area contributed by atoms with Crippen molar-refractivity contribution < 1.29 is 123 Å². The Hall–Kier alpha value is -4.45. The summed E-state index contributed by atoms with van der Waals surface area (Å²) in [5, 5.41) is 68.6. The molecule has 0 saturated carbocycles. The van der Waals surface area contributed by atoms with E-state index in [0.717, 1.165) is 22.9 Å². The van der Waals surface area contributed by atoms with E-state index in [9.17, 15) is 46.4 Å². The van der Waals surface area contributed by atoms with E-state index in [1.807, 2.05) is 24.3 Å². The van der Waals surface area contributed by atoms with Crippen LogP contribution in [-0.2, 0) is 37.6 Å². The standard InChI is InChI=1S/2C20H14N2O5S.Cr.2Na/c2*23-16-10-9-12-5-1-2-6-13(12)19(16)21-22-20-15-8-4-3-7-14(15)18(11-17(20)24)28(25,26)27;;;/h2*1-11,23-24H,(H,25,26,27);;;/q;;+3;2*+1/p-5. The number of fused-ring (bicyclic) bond motifs is 4. The van der Waals surface area contributed by atoms with Crippen molar-refractivity contribution in [3.05, 3.63) is 133 Å². The maximum absolute atomic E-state index is 12.5. The number of nitrogens with zero attached hydrogens (tertiary/aromatic N) is 4. The first-order valence-corrected chi connectivity index (χ1v) is 19.2. The van der Waals surface area contributed by atoms with Crippen molar-refractivity contribution in [2.24, 2.45) is 20.5 Å². The third-order valence-corrected chi connectivity index (χ3v) is 10.4. The van der Waals surface area contributed by atoms with Gasteiger partial charge in [-0.25, -0.2) is 8.42 Å². The summed E-state index contributed by atoms with van der Waals surface area (Å²) in [4.78, 5) is -1.11. The summed E-state index contributed by atoms with van der Waals surface area (Å²) in [6.45, 7) is 0. The van der Waals surface area contributed by atoms with E-state index in [-0.39, 0.29) is 132 Å². The summed E-state index contributed by atoms with van der Waals surface area (Å²) < 4.78 is 67.1. The third-order valence-electron chi connectivity index (χ3n) is 8.66. The minimum atomic E-state index is -4.84. The van der Waals surface area contributed by atoms with Gasteiger partial charge in [-0.15, -0.1) is 0 Å². The molecule has 0 bridgehead atoms. The van der Waals surface area contributed by atoms with Crippen LogP contribution in [-0.4, -0.2) is 25.9 Å². The molecule has 0 aliphatic heterocycles. The van der Waals surface area contributed by atoms with Crippen molar-refractivity contribution in [1.82, 2.24) is 0 Å². The number of benzene rings is 8. The molecular weight excluding hydrogens is 859 g/mol. The molecule has 0 aromatic heterocycles. The SMILES string of the molecule is O=S(=O)(O)c1cc([O-])c(N=Nc2c([O-])ccc3ccccc23)c2ccccc12.O=S(=O)([O-])c1cc([O-])c(N=Nc2c([O-])ccc3ccccc23)c2ccccc12.[Cr+3].[Na+].[Na+]. The molecule has 1 radical (unpaired) electrons. The largest absolute Gasteiger partial charge is 3.00 e. The first-order chi connectivity index (χ1) is 26.7. The summed E-state index contributed by atoms with van der Waals surface area (Å²) in [5.41, 5.74) is -0.104. The molecule has 0 saturated heterocycles. The van der Waals surface area contributed by atoms with E-state index in [1.165, 1.54) is 36.4 Å². The van der Waals surface area contributed by atoms with Crippen molar-refractivity contribution in [3.63, 3.8) is 0 Å². The average Bonchev–Trinajstić information content (AvgIpc) is 3.17. The van der Waals surface area contributed by atoms with E-state index < -0.39 is 41.5 Å². The van der Waals surface area contributed by atoms with Gasteiger partial charge in [0.1, 0.15) is 15.0 Å². The van der Waals surface area contributed by atoms with Gasteiger partial charge in [-0.05, 0) is 22.9 Å². The van der Waals surface area contributed by atoms with Gasteiger partial charge in [-0.1, -0.05) is 144 Å². The molecule has 0 unspecified atom stereocenters. The van der Waals surface area contributed by atoms with Crippen molar-refractivity contribution in [3.8, 4) is 23.0 Å². The van der Waals surface area contributed by atoms with Gasteiger partial charge < -0.3 is 25.0 Å². The topological polar surface area (TPSA) is 253 Å². The quantitative estimate of drug-likeness (QED) is 0.142. The molecule has 0 amide bonds. The average molecular weight is 882 g/mol. The van der Waals surface area contributed by atoms with Crippen LogP contribution in [0.1, 0.15) is 0 Å². The van der Waals surface area contributed by atoms with Crippen LogP contribution in [0, 0.1) is 0 Å². The Labute approximate surface area is 391 Å². The summed E-state index contributed by atoms with van der Waals surface area (Å²) in [7, 11) is -9.44. The molecule has 0 fully saturated rings. The van der Waals surface area contributed by atoms with Crippen LogP contribution in [0.3, 0.4) is 0 Å². The molecule has 283 valence electrons. The van der Waals surface area contributed by atoms with Gasteiger partial charge in [0, 0.05) is 32.3 Å². The van der Waals surface area contributed by atoms with Crippen molar-refractivity contribution >= 4 is 86.1 Å². The van der Waals surface area contributed by atoms with Gasteiger partial charge in [-0.3, -0.25) is 4.55 Å². The second kappa shape index (κ2) is 19.3. The maximum atomic E-state index is 12.5. The smallest absolute Gasteiger partial charge is 0.871 e. The van der Waals surface area contributed by atoms with Gasteiger partial charge in [0.25, 0.3) is 10.1 Å². The first-order valence-electron chi connectivity index (χ1n) is 16.3. The van der Waals surface area contributed by atoms with Gasteiger partial charge in [0.2, 0.25) is 0 Å². The Morgan fingerprint density at radius 3 is 1.08 bits per heavy atom. The fraction of sp³-hybridized carbons (Fsp3) is 0. The Morgan fingerprint density at radius 2 is 0.712 bits per heavy atom. The number of hydrogen-bond donors (Lipinski definition) is 1. The van der Waals surface area contributed by atoms with Crippen LogP contribution >= 0.6 is 0 Å². The van der Waals surface area contributed by atoms with E-state index >= 15 is 0 Å². The molecular formula is C40H23CrN4Na2O10S2. The minimum Gasteiger partial charge on any atom is -0.871 e. The molecule has 0 spiro atoms. The molecule has 0 aliphatic rings. The monoisotopic (exact) mass is 881 g/mol. The fourth-order valence-corrected chi connectivity index (χ4v) is 7.52. The van der Waals surface area contributed by atoms with Crippen molar-refractivity contribution in [1.29, 1.82) is 0 Å². The van der Waals surface area contributed by atoms with Crippen molar-refractivity contribution in [2.75, 3.05) is 0 Å². The molecule has 59 heavy (non-hydrogen) atoms. The van der Waals surface area contributed by atoms with E-state index in [4.69, 9.17) is 0 Å². The molecule has 0 heterocycles. The molecule has 19 heteroatoms. The second-order valence-electron chi connectivity index (χ2n) is 12.1. The van der Waals surface area contributed by atoms with Crippen LogP contribution < -0.4 is 79.5 Å². The number of rotatable bonds is 6. The number of hydrogen-bond acceptors (Lipinski definition) is 13. The van der Waals surface area contributed by atoms with Crippen LogP contribution in [0.25, 0.3) is 43.1 Å². The summed E-state index contributed by atoms with van der Waals surface area (Å²) in [6, 6.07) is 34.0. The predicted octanol–water partition coefficient (Wildman–Crippen LogP) is 1.27. The van der Waals surface area contributed by atoms with Crippen LogP contribution in [0.5, 0.6) is 23.0 Å². The van der Waals surface area contributed by atoms with E-state index in [1.54, 1.807) is 60.7 Å². The molecule has 8 aromatic rings. The Morgan fingerprint density at radius 1 is 0.407 bits per heavy atom.